The lowest BCUT2D eigenvalue weighted by Gasteiger charge is -2.04. The van der Waals surface area contributed by atoms with E-state index in [2.05, 4.69) is 0 Å². The Bertz CT molecular complexity index is 479. The fourth-order valence-corrected chi connectivity index (χ4v) is 1.57. The van der Waals surface area contributed by atoms with E-state index in [4.69, 9.17) is 16.7 Å². The first-order valence-corrected chi connectivity index (χ1v) is 5.66. The van der Waals surface area contributed by atoms with E-state index in [0.29, 0.717) is 5.56 Å². The number of hydrogen-bond acceptors (Lipinski definition) is 3. The third kappa shape index (κ3) is 4.18. The highest BCUT2D eigenvalue weighted by Gasteiger charge is 2.11. The Hall–Kier alpha value is -1.88. The summed E-state index contributed by atoms with van der Waals surface area (Å²) in [6.07, 6.45) is 1.69. The molecule has 1 N–H and O–H groups in total. The van der Waals surface area contributed by atoms with Crippen LogP contribution in [-0.4, -0.2) is 21.4 Å². The Morgan fingerprint density at radius 2 is 2.06 bits per heavy atom. The fraction of sp³-hybridized carbons (Fsp3) is 0.250. The SMILES string of the molecule is CC(Cl)CC(=Cc1ccc([N+](=O)[O-])cc1)C(=O)O. The first-order chi connectivity index (χ1) is 8.40. The predicted octanol–water partition coefficient (Wildman–Crippen LogP) is 3.08. The molecular weight excluding hydrogens is 258 g/mol. The molecule has 0 amide bonds. The van der Waals surface area contributed by atoms with Gasteiger partial charge in [0, 0.05) is 23.1 Å². The van der Waals surface area contributed by atoms with Crippen molar-refractivity contribution in [3.63, 3.8) is 0 Å². The van der Waals surface area contributed by atoms with Gasteiger partial charge in [-0.3, -0.25) is 10.1 Å². The summed E-state index contributed by atoms with van der Waals surface area (Å²) in [7, 11) is 0. The third-order valence-electron chi connectivity index (χ3n) is 2.22. The van der Waals surface area contributed by atoms with E-state index in [1.54, 1.807) is 6.92 Å². The summed E-state index contributed by atoms with van der Waals surface area (Å²) in [4.78, 5) is 20.9. The number of alkyl halides is 1. The molecule has 0 aliphatic carbocycles. The fourth-order valence-electron chi connectivity index (χ4n) is 1.40. The maximum Gasteiger partial charge on any atom is 0.331 e. The molecule has 0 spiro atoms. The number of hydrogen-bond donors (Lipinski definition) is 1. The summed E-state index contributed by atoms with van der Waals surface area (Å²) in [6.45, 7) is 1.70. The number of aliphatic carboxylic acids is 1. The topological polar surface area (TPSA) is 80.4 Å². The van der Waals surface area contributed by atoms with E-state index >= 15 is 0 Å². The normalized spacial score (nSPS) is 13.1. The molecule has 18 heavy (non-hydrogen) atoms. The zero-order chi connectivity index (χ0) is 13.7. The van der Waals surface area contributed by atoms with Gasteiger partial charge in [0.1, 0.15) is 0 Å². The number of rotatable bonds is 5. The van der Waals surface area contributed by atoms with Crippen LogP contribution in [0.25, 0.3) is 6.08 Å². The van der Waals surface area contributed by atoms with Crippen molar-refractivity contribution < 1.29 is 14.8 Å². The molecule has 6 heteroatoms. The van der Waals surface area contributed by atoms with Crippen molar-refractivity contribution in [1.82, 2.24) is 0 Å². The maximum absolute atomic E-state index is 11.0. The quantitative estimate of drug-likeness (QED) is 0.385. The van der Waals surface area contributed by atoms with Crippen LogP contribution in [0.5, 0.6) is 0 Å². The maximum atomic E-state index is 11.0. The molecule has 0 radical (unpaired) electrons. The summed E-state index contributed by atoms with van der Waals surface area (Å²) < 4.78 is 0. The number of carbonyl (C=O) groups is 1. The number of halogens is 1. The lowest BCUT2D eigenvalue weighted by atomic mass is 10.1. The minimum atomic E-state index is -1.04. The smallest absolute Gasteiger partial charge is 0.331 e. The van der Waals surface area contributed by atoms with Gasteiger partial charge < -0.3 is 5.11 Å². The van der Waals surface area contributed by atoms with Crippen LogP contribution < -0.4 is 0 Å². The van der Waals surface area contributed by atoms with Gasteiger partial charge >= 0.3 is 5.97 Å². The van der Waals surface area contributed by atoms with Crippen LogP contribution in [0.15, 0.2) is 29.8 Å². The van der Waals surface area contributed by atoms with Crippen LogP contribution in [0, 0.1) is 10.1 Å². The van der Waals surface area contributed by atoms with Crippen molar-refractivity contribution in [2.24, 2.45) is 0 Å². The van der Waals surface area contributed by atoms with Crippen molar-refractivity contribution in [3.8, 4) is 0 Å². The monoisotopic (exact) mass is 269 g/mol. The molecule has 1 atom stereocenters. The molecule has 96 valence electrons. The Labute approximate surface area is 109 Å². The van der Waals surface area contributed by atoms with Crippen LogP contribution >= 0.6 is 11.6 Å². The van der Waals surface area contributed by atoms with Crippen LogP contribution in [-0.2, 0) is 4.79 Å². The highest BCUT2D eigenvalue weighted by atomic mass is 35.5. The molecule has 0 saturated carbocycles. The molecule has 1 aromatic carbocycles. The summed E-state index contributed by atoms with van der Waals surface area (Å²) in [6, 6.07) is 5.66. The minimum Gasteiger partial charge on any atom is -0.478 e. The molecule has 1 rings (SSSR count). The second-order valence-corrected chi connectivity index (χ2v) is 4.55. The molecule has 0 aliphatic heterocycles. The molecule has 0 heterocycles. The molecule has 0 fully saturated rings. The van der Waals surface area contributed by atoms with Gasteiger partial charge in [0.15, 0.2) is 0 Å². The van der Waals surface area contributed by atoms with E-state index in [1.165, 1.54) is 30.3 Å². The molecule has 0 saturated heterocycles. The largest absolute Gasteiger partial charge is 0.478 e. The van der Waals surface area contributed by atoms with Gasteiger partial charge in [-0.25, -0.2) is 4.79 Å². The van der Waals surface area contributed by atoms with Crippen molar-refractivity contribution >= 4 is 29.3 Å². The zero-order valence-corrected chi connectivity index (χ0v) is 10.4. The molecule has 1 unspecified atom stereocenters. The van der Waals surface area contributed by atoms with Gasteiger partial charge in [-0.1, -0.05) is 0 Å². The average molecular weight is 270 g/mol. The van der Waals surface area contributed by atoms with Gasteiger partial charge in [-0.15, -0.1) is 11.6 Å². The second kappa shape index (κ2) is 6.16. The van der Waals surface area contributed by atoms with E-state index in [0.717, 1.165) is 0 Å². The molecule has 5 nitrogen and oxygen atoms in total. The van der Waals surface area contributed by atoms with Crippen LogP contribution in [0.2, 0.25) is 0 Å². The Morgan fingerprint density at radius 1 is 1.50 bits per heavy atom. The number of benzene rings is 1. The summed E-state index contributed by atoms with van der Waals surface area (Å²) >= 11 is 5.76. The molecule has 0 aliphatic rings. The molecule has 0 aromatic heterocycles. The van der Waals surface area contributed by atoms with Crippen molar-refractivity contribution in [2.75, 3.05) is 0 Å². The highest BCUT2D eigenvalue weighted by molar-refractivity contribution is 6.20. The van der Waals surface area contributed by atoms with E-state index in [1.807, 2.05) is 0 Å². The second-order valence-electron chi connectivity index (χ2n) is 3.81. The highest BCUT2D eigenvalue weighted by Crippen LogP contribution is 2.17. The number of nitrogens with zero attached hydrogens (tertiary/aromatic N) is 1. The van der Waals surface area contributed by atoms with E-state index < -0.39 is 10.9 Å². The average Bonchev–Trinajstić information content (AvgIpc) is 2.28. The van der Waals surface area contributed by atoms with Crippen molar-refractivity contribution in [3.05, 3.63) is 45.5 Å². The molecule has 1 aromatic rings. The van der Waals surface area contributed by atoms with Crippen molar-refractivity contribution in [2.45, 2.75) is 18.7 Å². The Kier molecular flexibility index (Phi) is 4.85. The van der Waals surface area contributed by atoms with Gasteiger partial charge in [0.25, 0.3) is 5.69 Å². The third-order valence-corrected chi connectivity index (χ3v) is 2.37. The van der Waals surface area contributed by atoms with Crippen LogP contribution in [0.1, 0.15) is 18.9 Å². The predicted molar refractivity (Wildman–Crippen MR) is 68.6 cm³/mol. The van der Waals surface area contributed by atoms with Crippen LogP contribution in [0.3, 0.4) is 0 Å². The van der Waals surface area contributed by atoms with Gasteiger partial charge in [0.2, 0.25) is 0 Å². The lowest BCUT2D eigenvalue weighted by Crippen LogP contribution is -2.05. The van der Waals surface area contributed by atoms with Crippen molar-refractivity contribution in [1.29, 1.82) is 0 Å². The minimum absolute atomic E-state index is 0.0327. The van der Waals surface area contributed by atoms with Gasteiger partial charge in [-0.05, 0) is 37.1 Å². The number of carboxylic acids is 1. The number of nitro benzene ring substituents is 1. The Balaban J connectivity index is 2.97. The zero-order valence-electron chi connectivity index (χ0n) is 9.67. The lowest BCUT2D eigenvalue weighted by molar-refractivity contribution is -0.384. The summed E-state index contributed by atoms with van der Waals surface area (Å²) in [5.74, 6) is -1.04. The van der Waals surface area contributed by atoms with E-state index in [-0.39, 0.29) is 23.1 Å². The first-order valence-electron chi connectivity index (χ1n) is 5.22. The number of nitro groups is 1. The molecule has 0 bridgehead atoms. The summed E-state index contributed by atoms with van der Waals surface area (Å²) in [5, 5.41) is 19.2. The van der Waals surface area contributed by atoms with Gasteiger partial charge in [-0.2, -0.15) is 0 Å². The standard InChI is InChI=1S/C12H12ClNO4/c1-8(13)6-10(12(15)16)7-9-2-4-11(5-3-9)14(17)18/h2-5,7-8H,6H2,1H3,(H,15,16). The van der Waals surface area contributed by atoms with E-state index in [9.17, 15) is 14.9 Å². The van der Waals surface area contributed by atoms with Crippen LogP contribution in [0.4, 0.5) is 5.69 Å². The summed E-state index contributed by atoms with van der Waals surface area (Å²) in [5.41, 5.74) is 0.733. The number of non-ortho nitro benzene ring substituents is 1. The van der Waals surface area contributed by atoms with Gasteiger partial charge in [0.05, 0.1) is 4.92 Å². The number of carboxylic acid groups (broad SMARTS) is 1. The Morgan fingerprint density at radius 3 is 2.44 bits per heavy atom. The molecular formula is C12H12ClNO4. The first kappa shape index (κ1) is 14.2.